The second kappa shape index (κ2) is 8.27. The number of fused-ring (bicyclic) bond motifs is 1. The van der Waals surface area contributed by atoms with Crippen molar-refractivity contribution in [2.45, 2.75) is 33.2 Å². The number of nitrogens with one attached hydrogen (secondary N) is 2. The van der Waals surface area contributed by atoms with Crippen LogP contribution < -0.4 is 14.8 Å². The van der Waals surface area contributed by atoms with Crippen molar-refractivity contribution in [3.63, 3.8) is 0 Å². The normalized spacial score (nSPS) is 19.5. The van der Waals surface area contributed by atoms with Crippen LogP contribution in [0.3, 0.4) is 0 Å². The van der Waals surface area contributed by atoms with Gasteiger partial charge in [0, 0.05) is 11.3 Å². The van der Waals surface area contributed by atoms with Gasteiger partial charge >= 0.3 is 12.0 Å². The molecule has 0 aliphatic carbocycles. The summed E-state index contributed by atoms with van der Waals surface area (Å²) in [6.45, 7) is 7.08. The van der Waals surface area contributed by atoms with Gasteiger partial charge in [-0.1, -0.05) is 6.07 Å². The standard InChI is InChI=1S/C23H25N3O7/c1-5-31-20(28)19-12(2)18(13(3)24-19)15(27)11-26-21(29)23(4,25-22(26)30)14-6-7-16-17(10-14)33-9-8-32-16/h6-7,10,24H,5,8-9,11H2,1-4H3,(H,25,30). The Hall–Kier alpha value is -3.82. The summed E-state index contributed by atoms with van der Waals surface area (Å²) in [5, 5.41) is 2.69. The van der Waals surface area contributed by atoms with E-state index in [0.717, 1.165) is 4.90 Å². The summed E-state index contributed by atoms with van der Waals surface area (Å²) in [6, 6.07) is 4.35. The molecule has 2 N–H and O–H groups in total. The van der Waals surface area contributed by atoms with Crippen LogP contribution in [-0.4, -0.2) is 59.9 Å². The van der Waals surface area contributed by atoms with Crippen LogP contribution in [0.2, 0.25) is 0 Å². The molecule has 1 unspecified atom stereocenters. The van der Waals surface area contributed by atoms with Crippen molar-refractivity contribution in [2.24, 2.45) is 0 Å². The number of benzene rings is 1. The van der Waals surface area contributed by atoms with E-state index in [0.29, 0.717) is 41.5 Å². The topological polar surface area (TPSA) is 127 Å². The molecule has 10 heteroatoms. The molecular weight excluding hydrogens is 430 g/mol. The molecule has 1 fully saturated rings. The number of hydrogen-bond donors (Lipinski definition) is 2. The van der Waals surface area contributed by atoms with Crippen molar-refractivity contribution in [2.75, 3.05) is 26.4 Å². The number of carbonyl (C=O) groups excluding carboxylic acids is 4. The second-order valence-electron chi connectivity index (χ2n) is 8.07. The van der Waals surface area contributed by atoms with Crippen molar-refractivity contribution in [3.8, 4) is 11.5 Å². The van der Waals surface area contributed by atoms with Crippen LogP contribution in [0.1, 0.15) is 51.5 Å². The number of ether oxygens (including phenoxy) is 3. The van der Waals surface area contributed by atoms with Crippen molar-refractivity contribution in [1.29, 1.82) is 0 Å². The van der Waals surface area contributed by atoms with Crippen LogP contribution >= 0.6 is 0 Å². The summed E-state index contributed by atoms with van der Waals surface area (Å²) in [7, 11) is 0. The zero-order valence-corrected chi connectivity index (χ0v) is 18.9. The van der Waals surface area contributed by atoms with Crippen LogP contribution in [0, 0.1) is 13.8 Å². The molecule has 2 aromatic rings. The Bertz CT molecular complexity index is 1170. The first-order chi connectivity index (χ1) is 15.7. The predicted octanol–water partition coefficient (Wildman–Crippen LogP) is 2.23. The van der Waals surface area contributed by atoms with E-state index >= 15 is 0 Å². The van der Waals surface area contributed by atoms with Gasteiger partial charge in [0.25, 0.3) is 5.91 Å². The Labute approximate surface area is 190 Å². The molecule has 3 heterocycles. The molecule has 0 saturated carbocycles. The van der Waals surface area contributed by atoms with E-state index in [1.54, 1.807) is 45.9 Å². The molecule has 1 atom stereocenters. The number of H-pyrrole nitrogens is 1. The number of aryl methyl sites for hydroxylation is 1. The number of carbonyl (C=O) groups is 4. The third-order valence-electron chi connectivity index (χ3n) is 5.89. The van der Waals surface area contributed by atoms with E-state index in [9.17, 15) is 19.2 Å². The van der Waals surface area contributed by atoms with Gasteiger partial charge in [0.05, 0.1) is 13.2 Å². The minimum absolute atomic E-state index is 0.177. The number of ketones is 1. The number of imide groups is 1. The first kappa shape index (κ1) is 22.4. The lowest BCUT2D eigenvalue weighted by molar-refractivity contribution is -0.130. The molecule has 174 valence electrons. The van der Waals surface area contributed by atoms with Gasteiger partial charge in [-0.15, -0.1) is 0 Å². The summed E-state index contributed by atoms with van der Waals surface area (Å²) in [4.78, 5) is 55.0. The lowest BCUT2D eigenvalue weighted by Crippen LogP contribution is -2.41. The molecule has 0 radical (unpaired) electrons. The highest BCUT2D eigenvalue weighted by Crippen LogP contribution is 2.37. The third-order valence-corrected chi connectivity index (χ3v) is 5.89. The smallest absolute Gasteiger partial charge is 0.355 e. The maximum atomic E-state index is 13.3. The minimum atomic E-state index is -1.37. The van der Waals surface area contributed by atoms with Crippen LogP contribution in [-0.2, 0) is 15.1 Å². The van der Waals surface area contributed by atoms with Crippen molar-refractivity contribution in [1.82, 2.24) is 15.2 Å². The molecule has 10 nitrogen and oxygen atoms in total. The quantitative estimate of drug-likeness (QED) is 0.388. The summed E-state index contributed by atoms with van der Waals surface area (Å²) in [5.74, 6) is -0.547. The lowest BCUT2D eigenvalue weighted by Gasteiger charge is -2.25. The molecule has 3 amide bonds. The van der Waals surface area contributed by atoms with Gasteiger partial charge < -0.3 is 24.5 Å². The highest BCUT2D eigenvalue weighted by Gasteiger charge is 2.50. The Morgan fingerprint density at radius 2 is 1.85 bits per heavy atom. The first-order valence-electron chi connectivity index (χ1n) is 10.6. The fraction of sp³-hybridized carbons (Fsp3) is 0.391. The van der Waals surface area contributed by atoms with Crippen LogP contribution in [0.25, 0.3) is 0 Å². The second-order valence-corrected chi connectivity index (χ2v) is 8.07. The molecule has 0 bridgehead atoms. The summed E-state index contributed by atoms with van der Waals surface area (Å²) in [6.07, 6.45) is 0. The van der Waals surface area contributed by atoms with Gasteiger partial charge in [-0.3, -0.25) is 14.5 Å². The summed E-state index contributed by atoms with van der Waals surface area (Å²) < 4.78 is 16.1. The number of rotatable bonds is 6. The highest BCUT2D eigenvalue weighted by atomic mass is 16.6. The molecule has 2 aliphatic rings. The largest absolute Gasteiger partial charge is 0.486 e. The number of hydrogen-bond acceptors (Lipinski definition) is 7. The van der Waals surface area contributed by atoms with Gasteiger partial charge in [-0.25, -0.2) is 9.59 Å². The third kappa shape index (κ3) is 3.71. The minimum Gasteiger partial charge on any atom is -0.486 e. The first-order valence-corrected chi connectivity index (χ1v) is 10.6. The summed E-state index contributed by atoms with van der Waals surface area (Å²) in [5.41, 5.74) is 0.451. The Morgan fingerprint density at radius 3 is 2.55 bits per heavy atom. The van der Waals surface area contributed by atoms with Gasteiger partial charge in [-0.2, -0.15) is 0 Å². The number of esters is 1. The van der Waals surface area contributed by atoms with E-state index < -0.39 is 35.8 Å². The monoisotopic (exact) mass is 455 g/mol. The molecule has 4 rings (SSSR count). The van der Waals surface area contributed by atoms with E-state index in [1.165, 1.54) is 0 Å². The maximum Gasteiger partial charge on any atom is 0.355 e. The molecule has 1 aromatic carbocycles. The van der Waals surface area contributed by atoms with Crippen LogP contribution in [0.4, 0.5) is 4.79 Å². The van der Waals surface area contributed by atoms with Gasteiger partial charge in [0.15, 0.2) is 17.3 Å². The van der Waals surface area contributed by atoms with Crippen molar-refractivity contribution in [3.05, 3.63) is 46.3 Å². The fourth-order valence-electron chi connectivity index (χ4n) is 4.19. The number of aromatic nitrogens is 1. The lowest BCUT2D eigenvalue weighted by atomic mass is 9.91. The van der Waals surface area contributed by atoms with E-state index in [1.807, 2.05) is 0 Å². The van der Waals surface area contributed by atoms with E-state index in [2.05, 4.69) is 10.3 Å². The maximum absolute atomic E-state index is 13.3. The van der Waals surface area contributed by atoms with Gasteiger partial charge in [-0.05, 0) is 51.0 Å². The average molecular weight is 455 g/mol. The Kier molecular flexibility index (Phi) is 5.61. The van der Waals surface area contributed by atoms with Crippen molar-refractivity contribution >= 4 is 23.7 Å². The van der Waals surface area contributed by atoms with Crippen molar-refractivity contribution < 1.29 is 33.4 Å². The number of Topliss-reactive ketones (excluding diaryl/α,β-unsaturated/α-hetero) is 1. The zero-order chi connectivity index (χ0) is 23.9. The number of nitrogens with zero attached hydrogens (tertiary/aromatic N) is 1. The highest BCUT2D eigenvalue weighted by molar-refractivity contribution is 6.12. The fourth-order valence-corrected chi connectivity index (χ4v) is 4.19. The van der Waals surface area contributed by atoms with E-state index in [4.69, 9.17) is 14.2 Å². The Balaban J connectivity index is 1.58. The molecule has 1 saturated heterocycles. The Morgan fingerprint density at radius 1 is 1.15 bits per heavy atom. The molecule has 33 heavy (non-hydrogen) atoms. The summed E-state index contributed by atoms with van der Waals surface area (Å²) >= 11 is 0. The van der Waals surface area contributed by atoms with Crippen LogP contribution in [0.15, 0.2) is 18.2 Å². The number of amides is 3. The van der Waals surface area contributed by atoms with Crippen LogP contribution in [0.5, 0.6) is 11.5 Å². The SMILES string of the molecule is CCOC(=O)c1[nH]c(C)c(C(=O)CN2C(=O)NC(C)(c3ccc4c(c3)OCCO4)C2=O)c1C. The number of aromatic amines is 1. The molecule has 1 aromatic heterocycles. The molecular formula is C23H25N3O7. The zero-order valence-electron chi connectivity index (χ0n) is 18.9. The van der Waals surface area contributed by atoms with E-state index in [-0.39, 0.29) is 17.9 Å². The van der Waals surface area contributed by atoms with Gasteiger partial charge in [0.2, 0.25) is 0 Å². The predicted molar refractivity (Wildman–Crippen MR) is 116 cm³/mol. The number of urea groups is 1. The van der Waals surface area contributed by atoms with Gasteiger partial charge in [0.1, 0.15) is 24.4 Å². The molecule has 2 aliphatic heterocycles. The average Bonchev–Trinajstić information content (AvgIpc) is 3.21. The molecule has 0 spiro atoms.